The van der Waals surface area contributed by atoms with Crippen LogP contribution in [0.2, 0.25) is 4.18 Å². The number of halogens is 3. The number of hydrogen-bond donors (Lipinski definition) is 0. The standard InChI is InChI=1S/C9H13.C5H5.C2H5.3ClH.Hf.H2Si/c1-6-5-7(2)9(4)8(6)3;1-2-4-5-3-1;1-2;;;;;/h6H,1-4H3;1-3H,4H2;1H2,2H3;3*1H;;1H2/q;;;;;;+1;/p-1. The first kappa shape index (κ1) is 21.9. The van der Waals surface area contributed by atoms with Crippen molar-refractivity contribution in [3.05, 3.63) is 41.6 Å². The zero-order chi connectivity index (χ0) is 14.4. The molecule has 5 heteroatoms. The summed E-state index contributed by atoms with van der Waals surface area (Å²) in [6, 6.07) is 0. The molecule has 0 fully saturated rings. The first-order valence-corrected chi connectivity index (χ1v) is 26.1. The van der Waals surface area contributed by atoms with Crippen molar-refractivity contribution in [3.63, 3.8) is 0 Å². The van der Waals surface area contributed by atoms with Crippen molar-refractivity contribution in [1.82, 2.24) is 0 Å². The maximum Gasteiger partial charge on any atom is -0.147 e. The minimum atomic E-state index is -3.58. The smallest absolute Gasteiger partial charge is 0.147 e. The van der Waals surface area contributed by atoms with Crippen LogP contribution < -0.4 is 0 Å². The minimum Gasteiger partial charge on any atom is -0.147 e. The van der Waals surface area contributed by atoms with E-state index in [2.05, 4.69) is 59.8 Å². The molecule has 0 aromatic heterocycles. The molecule has 0 radical (unpaired) electrons. The molecule has 0 aromatic rings. The molecular weight excluding hydrogens is 505 g/mol. The summed E-state index contributed by atoms with van der Waals surface area (Å²) < 4.78 is 4.37. The van der Waals surface area contributed by atoms with Crippen LogP contribution in [0.5, 0.6) is 0 Å². The van der Waals surface area contributed by atoms with Crippen LogP contribution in [0, 0.1) is 5.92 Å². The molecule has 1 unspecified atom stereocenters. The third kappa shape index (κ3) is 3.26. The van der Waals surface area contributed by atoms with Gasteiger partial charge in [0.15, 0.2) is 0 Å². The molecule has 120 valence electrons. The molecular formula is C16H27Cl3HfSi. The fourth-order valence-electron chi connectivity index (χ4n) is 3.75. The molecule has 0 spiro atoms. The van der Waals surface area contributed by atoms with Crippen LogP contribution in [0.25, 0.3) is 0 Å². The van der Waals surface area contributed by atoms with Crippen molar-refractivity contribution in [2.24, 2.45) is 5.92 Å². The third-order valence-corrected chi connectivity index (χ3v) is 41.5. The SMILES string of the molecule is C[CH2][Hf](=[SiH2])([Cl])([C]1=CC=CC1)[C]1=C(C)C(C)=C(C)C1C.Cl.Cl. The summed E-state index contributed by atoms with van der Waals surface area (Å²) >= 11 is -3.58. The van der Waals surface area contributed by atoms with Crippen molar-refractivity contribution in [2.45, 2.75) is 45.2 Å². The van der Waals surface area contributed by atoms with Gasteiger partial charge in [-0.25, -0.2) is 0 Å². The zero-order valence-electron chi connectivity index (χ0n) is 13.6. The molecule has 21 heavy (non-hydrogen) atoms. The molecule has 0 aromatic carbocycles. The summed E-state index contributed by atoms with van der Waals surface area (Å²) in [6.45, 7) is 13.7. The Hall–Kier alpha value is 0.917. The van der Waals surface area contributed by atoms with Gasteiger partial charge in [-0.05, 0) is 0 Å². The molecule has 0 saturated carbocycles. The van der Waals surface area contributed by atoms with Gasteiger partial charge in [-0.1, -0.05) is 0 Å². The minimum absolute atomic E-state index is 0. The number of hydrogen-bond acceptors (Lipinski definition) is 0. The summed E-state index contributed by atoms with van der Waals surface area (Å²) in [5.74, 6) is 0.548. The molecule has 1 atom stereocenters. The van der Waals surface area contributed by atoms with Crippen LogP contribution in [0.15, 0.2) is 41.6 Å². The van der Waals surface area contributed by atoms with Gasteiger partial charge in [0.05, 0.1) is 0 Å². The summed E-state index contributed by atoms with van der Waals surface area (Å²) in [4.78, 5) is 0. The summed E-state index contributed by atoms with van der Waals surface area (Å²) in [7, 11) is 7.55. The monoisotopic (exact) mass is 532 g/mol. The molecule has 0 bridgehead atoms. The Kier molecular flexibility index (Phi) is 7.53. The quantitative estimate of drug-likeness (QED) is 0.406. The van der Waals surface area contributed by atoms with Crippen molar-refractivity contribution >= 4 is 40.3 Å². The van der Waals surface area contributed by atoms with E-state index < -0.39 is 15.9 Å². The van der Waals surface area contributed by atoms with E-state index in [1.165, 1.54) is 16.7 Å². The van der Waals surface area contributed by atoms with E-state index in [1.807, 2.05) is 0 Å². The predicted octanol–water partition coefficient (Wildman–Crippen LogP) is 5.76. The Morgan fingerprint density at radius 2 is 1.81 bits per heavy atom. The maximum absolute atomic E-state index is 7.55. The van der Waals surface area contributed by atoms with Gasteiger partial charge in [0.2, 0.25) is 0 Å². The van der Waals surface area contributed by atoms with Gasteiger partial charge in [-0.15, -0.1) is 24.8 Å². The fourth-order valence-corrected chi connectivity index (χ4v) is 30.4. The van der Waals surface area contributed by atoms with E-state index in [9.17, 15) is 0 Å². The maximum atomic E-state index is 7.55. The van der Waals surface area contributed by atoms with E-state index in [-0.39, 0.29) is 24.8 Å². The fraction of sp³-hybridized carbons (Fsp3) is 0.500. The van der Waals surface area contributed by atoms with E-state index >= 15 is 0 Å². The third-order valence-electron chi connectivity index (χ3n) is 5.50. The molecule has 0 aliphatic heterocycles. The first-order chi connectivity index (χ1) is 8.73. The molecule has 0 nitrogen and oxygen atoms in total. The predicted molar refractivity (Wildman–Crippen MR) is 101 cm³/mol. The summed E-state index contributed by atoms with van der Waals surface area (Å²) in [5, 5.41) is 0. The van der Waals surface area contributed by atoms with Crippen LogP contribution in [-0.2, 0) is 15.9 Å². The van der Waals surface area contributed by atoms with Crippen molar-refractivity contribution < 1.29 is 15.9 Å². The average Bonchev–Trinajstić information content (AvgIpc) is 2.97. The number of allylic oxidation sites excluding steroid dienone is 8. The van der Waals surface area contributed by atoms with Gasteiger partial charge in [0.1, 0.15) is 0 Å². The van der Waals surface area contributed by atoms with E-state index in [0.717, 1.165) is 10.6 Å². The average molecular weight is 532 g/mol. The first-order valence-electron chi connectivity index (χ1n) is 7.23. The van der Waals surface area contributed by atoms with Gasteiger partial charge in [-0.3, -0.25) is 0 Å². The largest absolute Gasteiger partial charge is 0.147 e. The van der Waals surface area contributed by atoms with Crippen LogP contribution >= 0.6 is 33.4 Å². The van der Waals surface area contributed by atoms with Crippen molar-refractivity contribution in [3.8, 4) is 0 Å². The van der Waals surface area contributed by atoms with E-state index in [0.29, 0.717) is 5.92 Å². The number of rotatable bonds is 3. The summed E-state index contributed by atoms with van der Waals surface area (Å²) in [5.41, 5.74) is 4.51. The van der Waals surface area contributed by atoms with Crippen molar-refractivity contribution in [2.75, 3.05) is 0 Å². The summed E-state index contributed by atoms with van der Waals surface area (Å²) in [6.07, 6.45) is 7.85. The van der Waals surface area contributed by atoms with Gasteiger partial charge in [0, 0.05) is 0 Å². The molecule has 0 saturated heterocycles. The molecule has 0 amide bonds. The molecule has 0 N–H and O–H groups in total. The topological polar surface area (TPSA) is 0 Å². The Bertz CT molecular complexity index is 625. The second-order valence-corrected chi connectivity index (χ2v) is 48.0. The van der Waals surface area contributed by atoms with Crippen LogP contribution in [0.1, 0.15) is 41.0 Å². The van der Waals surface area contributed by atoms with Gasteiger partial charge in [0.25, 0.3) is 0 Å². The molecule has 2 aliphatic rings. The van der Waals surface area contributed by atoms with Crippen LogP contribution in [-0.4, -0.2) is 6.94 Å². The molecule has 2 rings (SSSR count). The van der Waals surface area contributed by atoms with Crippen molar-refractivity contribution in [1.29, 1.82) is 0 Å². The Morgan fingerprint density at radius 1 is 1.24 bits per heavy atom. The normalized spacial score (nSPS) is 22.2. The second kappa shape index (κ2) is 7.21. The van der Waals surface area contributed by atoms with Gasteiger partial charge >= 0.3 is 124 Å². The van der Waals surface area contributed by atoms with Crippen LogP contribution in [0.3, 0.4) is 0 Å². The molecule has 2 aliphatic carbocycles. The Labute approximate surface area is 148 Å². The Balaban J connectivity index is 0.00000200. The molecule has 0 heterocycles. The zero-order valence-corrected chi connectivity index (χ0v) is 21.0. The van der Waals surface area contributed by atoms with E-state index in [4.69, 9.17) is 8.58 Å². The van der Waals surface area contributed by atoms with E-state index in [1.54, 1.807) is 6.66 Å². The van der Waals surface area contributed by atoms with Crippen LogP contribution in [0.4, 0.5) is 0 Å². The van der Waals surface area contributed by atoms with Gasteiger partial charge in [-0.2, -0.15) is 0 Å². The van der Waals surface area contributed by atoms with Gasteiger partial charge < -0.3 is 0 Å². The Morgan fingerprint density at radius 3 is 2.14 bits per heavy atom. The second-order valence-electron chi connectivity index (χ2n) is 6.28.